The minimum absolute atomic E-state index is 0.186. The second-order valence-corrected chi connectivity index (χ2v) is 4.15. The average Bonchev–Trinajstić information content (AvgIpc) is 2.58. The first-order valence-electron chi connectivity index (χ1n) is 3.99. The van der Waals surface area contributed by atoms with E-state index in [0.717, 1.165) is 23.1 Å². The molecule has 0 bridgehead atoms. The van der Waals surface area contributed by atoms with Gasteiger partial charge >= 0.3 is 0 Å². The Bertz CT molecular complexity index is 275. The number of rotatable bonds is 1. The summed E-state index contributed by atoms with van der Waals surface area (Å²) in [4.78, 5) is 2.08. The molecule has 0 aliphatic carbocycles. The molecule has 0 unspecified atom stereocenters. The fraction of sp³-hybridized carbons (Fsp3) is 0.714. The maximum absolute atomic E-state index is 9.28. The molecule has 0 aromatic carbocycles. The maximum atomic E-state index is 9.28. The number of nitrogens with zero attached hydrogens (tertiary/aromatic N) is 3. The summed E-state index contributed by atoms with van der Waals surface area (Å²) in [7, 11) is 0. The van der Waals surface area contributed by atoms with Gasteiger partial charge in [-0.2, -0.15) is 0 Å². The van der Waals surface area contributed by atoms with Gasteiger partial charge in [-0.3, -0.25) is 0 Å². The van der Waals surface area contributed by atoms with Gasteiger partial charge in [-0.1, -0.05) is 11.3 Å². The standard InChI is InChI=1S/C7H11N3OS/c1-5-8-9-7(12-5)10-3-2-6(11)4-10/h6,11H,2-4H2,1H3/t6-/m1/s1. The Labute approximate surface area is 74.9 Å². The number of aromatic nitrogens is 2. The number of β-amino-alcohol motifs (C(OH)–C–C–N with tert-alkyl or cyclic N) is 1. The molecule has 1 aromatic heterocycles. The van der Waals surface area contributed by atoms with Crippen LogP contribution in [0.25, 0.3) is 0 Å². The molecule has 1 fully saturated rings. The SMILES string of the molecule is Cc1nnc(N2CC[C@@H](O)C2)s1. The van der Waals surface area contributed by atoms with E-state index in [1.807, 2.05) is 6.92 Å². The number of aryl methyl sites for hydroxylation is 1. The topological polar surface area (TPSA) is 49.2 Å². The van der Waals surface area contributed by atoms with E-state index in [9.17, 15) is 5.11 Å². The minimum Gasteiger partial charge on any atom is -0.391 e. The molecule has 0 saturated carbocycles. The zero-order chi connectivity index (χ0) is 8.55. The third-order valence-corrected chi connectivity index (χ3v) is 2.85. The van der Waals surface area contributed by atoms with E-state index in [2.05, 4.69) is 15.1 Å². The largest absolute Gasteiger partial charge is 0.391 e. The molecule has 4 nitrogen and oxygen atoms in total. The zero-order valence-corrected chi connectivity index (χ0v) is 7.71. The molecule has 66 valence electrons. The van der Waals surface area contributed by atoms with Crippen LogP contribution in [0.3, 0.4) is 0 Å². The number of hydrogen-bond acceptors (Lipinski definition) is 5. The summed E-state index contributed by atoms with van der Waals surface area (Å²) >= 11 is 1.58. The van der Waals surface area contributed by atoms with Crippen molar-refractivity contribution >= 4 is 16.5 Å². The predicted octanol–water partition coefficient (Wildman–Crippen LogP) is 0.418. The van der Waals surface area contributed by atoms with E-state index in [4.69, 9.17) is 0 Å². The van der Waals surface area contributed by atoms with Gasteiger partial charge in [-0.05, 0) is 13.3 Å². The summed E-state index contributed by atoms with van der Waals surface area (Å²) in [5.41, 5.74) is 0. The number of aliphatic hydroxyl groups excluding tert-OH is 1. The maximum Gasteiger partial charge on any atom is 0.208 e. The molecule has 1 atom stereocenters. The van der Waals surface area contributed by atoms with E-state index in [0.29, 0.717) is 6.54 Å². The summed E-state index contributed by atoms with van der Waals surface area (Å²) in [6, 6.07) is 0. The predicted molar refractivity (Wildman–Crippen MR) is 47.5 cm³/mol. The Morgan fingerprint density at radius 3 is 2.92 bits per heavy atom. The highest BCUT2D eigenvalue weighted by Crippen LogP contribution is 2.23. The second-order valence-electron chi connectivity index (χ2n) is 2.99. The van der Waals surface area contributed by atoms with Crippen LogP contribution < -0.4 is 4.90 Å². The van der Waals surface area contributed by atoms with Crippen molar-refractivity contribution in [3.8, 4) is 0 Å². The van der Waals surface area contributed by atoms with Crippen molar-refractivity contribution in [2.75, 3.05) is 18.0 Å². The molecule has 0 radical (unpaired) electrons. The first kappa shape index (κ1) is 7.94. The van der Waals surface area contributed by atoms with Gasteiger partial charge in [0.05, 0.1) is 6.10 Å². The Morgan fingerprint density at radius 2 is 2.42 bits per heavy atom. The van der Waals surface area contributed by atoms with Gasteiger partial charge in [-0.25, -0.2) is 0 Å². The molecule has 2 rings (SSSR count). The highest BCUT2D eigenvalue weighted by Gasteiger charge is 2.22. The van der Waals surface area contributed by atoms with Crippen molar-refractivity contribution in [3.05, 3.63) is 5.01 Å². The molecule has 2 heterocycles. The first-order chi connectivity index (χ1) is 5.75. The second kappa shape index (κ2) is 2.99. The van der Waals surface area contributed by atoms with Crippen molar-refractivity contribution in [1.82, 2.24) is 10.2 Å². The lowest BCUT2D eigenvalue weighted by Gasteiger charge is -2.11. The van der Waals surface area contributed by atoms with Gasteiger partial charge in [0.2, 0.25) is 5.13 Å². The zero-order valence-electron chi connectivity index (χ0n) is 6.90. The van der Waals surface area contributed by atoms with Crippen molar-refractivity contribution in [2.24, 2.45) is 0 Å². The van der Waals surface area contributed by atoms with Crippen molar-refractivity contribution < 1.29 is 5.11 Å². The molecule has 5 heteroatoms. The minimum atomic E-state index is -0.186. The van der Waals surface area contributed by atoms with Crippen molar-refractivity contribution in [3.63, 3.8) is 0 Å². The average molecular weight is 185 g/mol. The van der Waals surface area contributed by atoms with Crippen LogP contribution in [0.1, 0.15) is 11.4 Å². The highest BCUT2D eigenvalue weighted by molar-refractivity contribution is 7.15. The molecule has 0 spiro atoms. The van der Waals surface area contributed by atoms with Crippen LogP contribution in [0.15, 0.2) is 0 Å². The van der Waals surface area contributed by atoms with Gasteiger partial charge in [0.1, 0.15) is 5.01 Å². The van der Waals surface area contributed by atoms with E-state index in [1.54, 1.807) is 11.3 Å². The monoisotopic (exact) mass is 185 g/mol. The molecular formula is C7H11N3OS. The Balaban J connectivity index is 2.11. The fourth-order valence-electron chi connectivity index (χ4n) is 1.33. The van der Waals surface area contributed by atoms with Gasteiger partial charge < -0.3 is 10.0 Å². The quantitative estimate of drug-likeness (QED) is 0.688. The van der Waals surface area contributed by atoms with Crippen LogP contribution in [0.5, 0.6) is 0 Å². The number of anilines is 1. The third-order valence-electron chi connectivity index (χ3n) is 1.95. The van der Waals surface area contributed by atoms with Gasteiger partial charge in [0.25, 0.3) is 0 Å². The summed E-state index contributed by atoms with van der Waals surface area (Å²) in [5, 5.41) is 19.1. The van der Waals surface area contributed by atoms with E-state index < -0.39 is 0 Å². The molecule has 1 aliphatic rings. The van der Waals surface area contributed by atoms with Crippen LogP contribution in [-0.4, -0.2) is 34.5 Å². The lowest BCUT2D eigenvalue weighted by atomic mass is 10.3. The molecule has 1 aliphatic heterocycles. The summed E-state index contributed by atoms with van der Waals surface area (Å²) in [6.45, 7) is 3.54. The van der Waals surface area contributed by atoms with Crippen LogP contribution in [0, 0.1) is 6.92 Å². The van der Waals surface area contributed by atoms with E-state index in [-0.39, 0.29) is 6.10 Å². The first-order valence-corrected chi connectivity index (χ1v) is 4.80. The lowest BCUT2D eigenvalue weighted by molar-refractivity contribution is 0.198. The lowest BCUT2D eigenvalue weighted by Crippen LogP contribution is -2.20. The summed E-state index contributed by atoms with van der Waals surface area (Å²) in [6.07, 6.45) is 0.660. The molecular weight excluding hydrogens is 174 g/mol. The Kier molecular flexibility index (Phi) is 1.98. The summed E-state index contributed by atoms with van der Waals surface area (Å²) < 4.78 is 0. The molecule has 12 heavy (non-hydrogen) atoms. The Hall–Kier alpha value is -0.680. The molecule has 0 amide bonds. The third kappa shape index (κ3) is 1.42. The van der Waals surface area contributed by atoms with E-state index >= 15 is 0 Å². The van der Waals surface area contributed by atoms with Crippen LogP contribution in [0.4, 0.5) is 5.13 Å². The number of aliphatic hydroxyl groups is 1. The Morgan fingerprint density at radius 1 is 1.58 bits per heavy atom. The van der Waals surface area contributed by atoms with E-state index in [1.165, 1.54) is 0 Å². The number of hydrogen-bond donors (Lipinski definition) is 1. The highest BCUT2D eigenvalue weighted by atomic mass is 32.1. The van der Waals surface area contributed by atoms with Gasteiger partial charge in [0.15, 0.2) is 0 Å². The molecule has 1 aromatic rings. The van der Waals surface area contributed by atoms with Crippen molar-refractivity contribution in [2.45, 2.75) is 19.4 Å². The van der Waals surface area contributed by atoms with Gasteiger partial charge in [-0.15, -0.1) is 10.2 Å². The van der Waals surface area contributed by atoms with Crippen LogP contribution in [-0.2, 0) is 0 Å². The normalized spacial score (nSPS) is 23.5. The smallest absolute Gasteiger partial charge is 0.208 e. The van der Waals surface area contributed by atoms with Crippen molar-refractivity contribution in [1.29, 1.82) is 0 Å². The van der Waals surface area contributed by atoms with Crippen LogP contribution >= 0.6 is 11.3 Å². The summed E-state index contributed by atoms with van der Waals surface area (Å²) in [5.74, 6) is 0. The fourth-order valence-corrected chi connectivity index (χ4v) is 2.05. The molecule has 1 saturated heterocycles. The van der Waals surface area contributed by atoms with Crippen LogP contribution in [0.2, 0.25) is 0 Å². The van der Waals surface area contributed by atoms with Gasteiger partial charge in [0, 0.05) is 13.1 Å². The molecule has 1 N–H and O–H groups in total.